The van der Waals surface area contributed by atoms with Gasteiger partial charge in [0.25, 0.3) is 11.8 Å². The molecule has 1 aromatic carbocycles. The number of carboxylic acids is 1. The summed E-state index contributed by atoms with van der Waals surface area (Å²) < 4.78 is 11.2. The van der Waals surface area contributed by atoms with Crippen molar-refractivity contribution in [3.05, 3.63) is 52.7 Å². The maximum absolute atomic E-state index is 12.3. The zero-order valence-electron chi connectivity index (χ0n) is 18.9. The second-order valence-electron chi connectivity index (χ2n) is 7.90. The first-order valence-electron chi connectivity index (χ1n) is 11.2. The van der Waals surface area contributed by atoms with Crippen LogP contribution < -0.4 is 20.1 Å². The number of rotatable bonds is 10. The van der Waals surface area contributed by atoms with Gasteiger partial charge in [0, 0.05) is 30.9 Å². The minimum absolute atomic E-state index is 0.0726. The maximum atomic E-state index is 12.3. The van der Waals surface area contributed by atoms with Crippen LogP contribution >= 0.6 is 11.6 Å². The minimum Gasteiger partial charge on any atom is -0.492 e. The summed E-state index contributed by atoms with van der Waals surface area (Å²) in [7, 11) is 0. The van der Waals surface area contributed by atoms with E-state index in [1.165, 1.54) is 12.3 Å². The highest BCUT2D eigenvalue weighted by atomic mass is 35.5. The molecule has 3 rings (SSSR count). The number of hydrogen-bond donors (Lipinski definition) is 3. The van der Waals surface area contributed by atoms with Crippen LogP contribution in [0.15, 0.2) is 36.5 Å². The van der Waals surface area contributed by atoms with Crippen LogP contribution in [0.5, 0.6) is 11.6 Å². The lowest BCUT2D eigenvalue weighted by Gasteiger charge is -2.26. The Balaban J connectivity index is 1.39. The molecule has 1 saturated carbocycles. The summed E-state index contributed by atoms with van der Waals surface area (Å²) in [6.07, 6.45) is 3.85. The average molecular weight is 490 g/mol. The van der Waals surface area contributed by atoms with Crippen LogP contribution in [0.3, 0.4) is 0 Å². The Labute approximate surface area is 202 Å². The molecule has 3 N–H and O–H groups in total. The molecule has 182 valence electrons. The lowest BCUT2D eigenvalue weighted by Crippen LogP contribution is -2.34. The van der Waals surface area contributed by atoms with Gasteiger partial charge in [-0.15, -0.1) is 0 Å². The fraction of sp³-hybridized carbons (Fsp3) is 0.417. The van der Waals surface area contributed by atoms with Crippen molar-refractivity contribution in [2.24, 2.45) is 5.92 Å². The molecule has 0 radical (unpaired) electrons. The molecular weight excluding hydrogens is 462 g/mol. The van der Waals surface area contributed by atoms with E-state index in [4.69, 9.17) is 26.2 Å². The Kier molecular flexibility index (Phi) is 9.09. The number of aromatic nitrogens is 1. The number of hydrogen-bond acceptors (Lipinski definition) is 6. The van der Waals surface area contributed by atoms with Gasteiger partial charge in [-0.3, -0.25) is 14.4 Å². The van der Waals surface area contributed by atoms with Crippen molar-refractivity contribution in [3.8, 4) is 11.6 Å². The van der Waals surface area contributed by atoms with Crippen LogP contribution in [0.1, 0.15) is 53.3 Å². The number of halogens is 1. The summed E-state index contributed by atoms with van der Waals surface area (Å²) in [5.41, 5.74) is 0.766. The van der Waals surface area contributed by atoms with E-state index in [1.807, 2.05) is 6.92 Å². The van der Waals surface area contributed by atoms with Gasteiger partial charge < -0.3 is 25.2 Å². The van der Waals surface area contributed by atoms with Gasteiger partial charge in [-0.05, 0) is 56.9 Å². The second kappa shape index (κ2) is 12.2. The van der Waals surface area contributed by atoms with Crippen LogP contribution in [-0.2, 0) is 4.79 Å². The number of ether oxygens (including phenoxy) is 2. The summed E-state index contributed by atoms with van der Waals surface area (Å²) in [5.74, 6) is -0.770. The van der Waals surface area contributed by atoms with Crippen molar-refractivity contribution in [2.75, 3.05) is 19.7 Å². The zero-order valence-corrected chi connectivity index (χ0v) is 19.6. The van der Waals surface area contributed by atoms with E-state index in [1.54, 1.807) is 24.3 Å². The Hall–Kier alpha value is -3.33. The van der Waals surface area contributed by atoms with E-state index in [2.05, 4.69) is 15.6 Å². The molecule has 0 atom stereocenters. The standard InChI is InChI=1S/C24H28ClN3O6/c1-2-33-20-9-5-16(13-19(20)25)22(29)26-11-12-27-23(30)17-6-10-21(28-14-17)34-18-7-3-15(4-8-18)24(31)32/h5-6,9-10,13-15,18H,2-4,7-8,11-12H2,1H3,(H,26,29)(H,27,30)(H,31,32)/t15-,18+. The van der Waals surface area contributed by atoms with Crippen LogP contribution in [0.25, 0.3) is 0 Å². The highest BCUT2D eigenvalue weighted by Gasteiger charge is 2.27. The smallest absolute Gasteiger partial charge is 0.306 e. The molecule has 0 bridgehead atoms. The Morgan fingerprint density at radius 1 is 1.03 bits per heavy atom. The van der Waals surface area contributed by atoms with E-state index in [0.29, 0.717) is 60.1 Å². The summed E-state index contributed by atoms with van der Waals surface area (Å²) in [6.45, 7) is 2.80. The molecule has 1 aliphatic rings. The highest BCUT2D eigenvalue weighted by Crippen LogP contribution is 2.27. The number of nitrogens with one attached hydrogen (secondary N) is 2. The fourth-order valence-electron chi connectivity index (χ4n) is 3.65. The van der Waals surface area contributed by atoms with Crippen LogP contribution in [-0.4, -0.2) is 53.7 Å². The number of carboxylic acid groups (broad SMARTS) is 1. The summed E-state index contributed by atoms with van der Waals surface area (Å²) in [5, 5.41) is 14.9. The number of carbonyl (C=O) groups is 3. The van der Waals surface area contributed by atoms with Gasteiger partial charge in [0.2, 0.25) is 5.88 Å². The Morgan fingerprint density at radius 3 is 2.24 bits per heavy atom. The van der Waals surface area contributed by atoms with Gasteiger partial charge in [-0.1, -0.05) is 11.6 Å². The highest BCUT2D eigenvalue weighted by molar-refractivity contribution is 6.32. The second-order valence-corrected chi connectivity index (χ2v) is 8.31. The van der Waals surface area contributed by atoms with E-state index in [0.717, 1.165) is 0 Å². The first-order chi connectivity index (χ1) is 16.4. The van der Waals surface area contributed by atoms with Crippen LogP contribution in [0.4, 0.5) is 0 Å². The number of aliphatic carboxylic acids is 1. The molecule has 9 nitrogen and oxygen atoms in total. The lowest BCUT2D eigenvalue weighted by atomic mass is 9.87. The third kappa shape index (κ3) is 7.08. The summed E-state index contributed by atoms with van der Waals surface area (Å²) in [6, 6.07) is 8.03. The molecule has 0 aliphatic heterocycles. The van der Waals surface area contributed by atoms with Gasteiger partial charge >= 0.3 is 5.97 Å². The minimum atomic E-state index is -0.757. The SMILES string of the molecule is CCOc1ccc(C(=O)NCCNC(=O)c2ccc(O[C@H]3CC[C@@H](C(=O)O)CC3)nc2)cc1Cl. The molecule has 0 unspecified atom stereocenters. The van der Waals surface area contributed by atoms with Crippen LogP contribution in [0.2, 0.25) is 5.02 Å². The van der Waals surface area contributed by atoms with Gasteiger partial charge in [0.1, 0.15) is 11.9 Å². The molecule has 2 aromatic rings. The number of benzene rings is 1. The molecule has 1 aromatic heterocycles. The third-order valence-electron chi connectivity index (χ3n) is 5.50. The molecule has 1 fully saturated rings. The van der Waals surface area contributed by atoms with E-state index in [9.17, 15) is 14.4 Å². The molecule has 10 heteroatoms. The van der Waals surface area contributed by atoms with E-state index in [-0.39, 0.29) is 36.9 Å². The van der Waals surface area contributed by atoms with Crippen molar-refractivity contribution >= 4 is 29.4 Å². The first kappa shape index (κ1) is 25.3. The normalized spacial score (nSPS) is 17.5. The number of nitrogens with zero attached hydrogens (tertiary/aromatic N) is 1. The molecule has 0 spiro atoms. The molecule has 1 aliphatic carbocycles. The fourth-order valence-corrected chi connectivity index (χ4v) is 3.89. The molecular formula is C24H28ClN3O6. The topological polar surface area (TPSA) is 127 Å². The Morgan fingerprint density at radius 2 is 1.68 bits per heavy atom. The lowest BCUT2D eigenvalue weighted by molar-refractivity contribution is -0.143. The monoisotopic (exact) mass is 489 g/mol. The van der Waals surface area contributed by atoms with Crippen molar-refractivity contribution in [2.45, 2.75) is 38.7 Å². The van der Waals surface area contributed by atoms with E-state index >= 15 is 0 Å². The summed E-state index contributed by atoms with van der Waals surface area (Å²) >= 11 is 6.11. The van der Waals surface area contributed by atoms with Crippen molar-refractivity contribution in [3.63, 3.8) is 0 Å². The van der Waals surface area contributed by atoms with Crippen LogP contribution in [0, 0.1) is 5.92 Å². The zero-order chi connectivity index (χ0) is 24.5. The van der Waals surface area contributed by atoms with Gasteiger partial charge in [-0.25, -0.2) is 4.98 Å². The number of carbonyl (C=O) groups excluding carboxylic acids is 2. The predicted octanol–water partition coefficient (Wildman–Crippen LogP) is 3.32. The van der Waals surface area contributed by atoms with Gasteiger partial charge in [0.05, 0.1) is 23.1 Å². The van der Waals surface area contributed by atoms with E-state index < -0.39 is 5.97 Å². The molecule has 2 amide bonds. The quantitative estimate of drug-likeness (QED) is 0.437. The summed E-state index contributed by atoms with van der Waals surface area (Å²) in [4.78, 5) is 39.8. The molecule has 34 heavy (non-hydrogen) atoms. The predicted molar refractivity (Wildman–Crippen MR) is 126 cm³/mol. The first-order valence-corrected chi connectivity index (χ1v) is 11.6. The number of pyridine rings is 1. The van der Waals surface area contributed by atoms with Crippen molar-refractivity contribution in [1.29, 1.82) is 0 Å². The molecule has 1 heterocycles. The molecule has 0 saturated heterocycles. The average Bonchev–Trinajstić information content (AvgIpc) is 2.83. The van der Waals surface area contributed by atoms with Crippen molar-refractivity contribution in [1.82, 2.24) is 15.6 Å². The Bertz CT molecular complexity index is 1010. The van der Waals surface area contributed by atoms with Gasteiger partial charge in [0.15, 0.2) is 0 Å². The number of amides is 2. The largest absolute Gasteiger partial charge is 0.492 e. The van der Waals surface area contributed by atoms with Gasteiger partial charge in [-0.2, -0.15) is 0 Å². The maximum Gasteiger partial charge on any atom is 0.306 e. The van der Waals surface area contributed by atoms with Crippen molar-refractivity contribution < 1.29 is 29.0 Å². The third-order valence-corrected chi connectivity index (χ3v) is 5.79.